The van der Waals surface area contributed by atoms with E-state index < -0.39 is 0 Å². The van der Waals surface area contributed by atoms with Crippen LogP contribution < -0.4 is 10.5 Å². The third kappa shape index (κ3) is 2.45. The van der Waals surface area contributed by atoms with Gasteiger partial charge in [0.05, 0.1) is 17.6 Å². The molecule has 0 bridgehead atoms. The van der Waals surface area contributed by atoms with Crippen molar-refractivity contribution in [2.24, 2.45) is 0 Å². The molecule has 4 nitrogen and oxygen atoms in total. The zero-order chi connectivity index (χ0) is 15.0. The predicted molar refractivity (Wildman–Crippen MR) is 88.7 cm³/mol. The number of halogens is 1. The summed E-state index contributed by atoms with van der Waals surface area (Å²) in [6, 6.07) is 7.91. The molecule has 0 aliphatic carbocycles. The molecule has 21 heavy (non-hydrogen) atoms. The van der Waals surface area contributed by atoms with Crippen LogP contribution in [-0.2, 0) is 0 Å². The summed E-state index contributed by atoms with van der Waals surface area (Å²) in [5.74, 6) is 1.11. The van der Waals surface area contributed by atoms with Crippen molar-refractivity contribution >= 4 is 33.2 Å². The summed E-state index contributed by atoms with van der Waals surface area (Å²) < 4.78 is 11.6. The number of rotatable bonds is 3. The van der Waals surface area contributed by atoms with Gasteiger partial charge in [0.1, 0.15) is 11.4 Å². The molecule has 0 unspecified atom stereocenters. The van der Waals surface area contributed by atoms with Gasteiger partial charge in [-0.15, -0.1) is 11.3 Å². The number of anilines is 1. The van der Waals surface area contributed by atoms with E-state index >= 15 is 0 Å². The van der Waals surface area contributed by atoms with Gasteiger partial charge in [-0.1, -0.05) is 17.3 Å². The Hall–Kier alpha value is -1.79. The minimum atomic E-state index is 0.302. The highest BCUT2D eigenvalue weighted by atomic mass is 79.9. The first-order valence-corrected chi connectivity index (χ1v) is 7.92. The van der Waals surface area contributed by atoms with E-state index in [0.29, 0.717) is 5.88 Å². The molecule has 0 saturated heterocycles. The molecule has 0 saturated carbocycles. The van der Waals surface area contributed by atoms with Gasteiger partial charge in [0.25, 0.3) is 0 Å². The molecule has 108 valence electrons. The van der Waals surface area contributed by atoms with E-state index in [-0.39, 0.29) is 0 Å². The minimum Gasteiger partial charge on any atom is -0.496 e. The zero-order valence-electron chi connectivity index (χ0n) is 11.5. The summed E-state index contributed by atoms with van der Waals surface area (Å²) in [4.78, 5) is 0.991. The summed E-state index contributed by atoms with van der Waals surface area (Å²) in [6.45, 7) is 2.00. The summed E-state index contributed by atoms with van der Waals surface area (Å²) in [5.41, 5.74) is 9.49. The summed E-state index contributed by atoms with van der Waals surface area (Å²) in [7, 11) is 1.65. The number of aryl methyl sites for hydroxylation is 1. The number of nitrogens with zero attached hydrogens (tertiary/aromatic N) is 1. The Balaban J connectivity index is 2.19. The van der Waals surface area contributed by atoms with E-state index in [1.54, 1.807) is 18.4 Å². The van der Waals surface area contributed by atoms with Gasteiger partial charge in [0.15, 0.2) is 0 Å². The molecule has 3 rings (SSSR count). The first kappa shape index (κ1) is 14.2. The average Bonchev–Trinajstić information content (AvgIpc) is 3.05. The average molecular weight is 365 g/mol. The van der Waals surface area contributed by atoms with Crippen molar-refractivity contribution in [3.8, 4) is 27.4 Å². The number of nitrogen functional groups attached to an aromatic ring is 1. The highest BCUT2D eigenvalue weighted by Gasteiger charge is 2.20. The second-order valence-corrected chi connectivity index (χ2v) is 6.32. The van der Waals surface area contributed by atoms with Crippen LogP contribution in [0.3, 0.4) is 0 Å². The van der Waals surface area contributed by atoms with Crippen LogP contribution in [0.25, 0.3) is 21.7 Å². The number of benzene rings is 1. The Bertz CT molecular complexity index is 795. The first-order valence-electron chi connectivity index (χ1n) is 6.25. The maximum atomic E-state index is 5.98. The largest absolute Gasteiger partial charge is 0.496 e. The molecular formula is C15H13BrN2O2S. The van der Waals surface area contributed by atoms with Crippen molar-refractivity contribution in [2.45, 2.75) is 6.92 Å². The second kappa shape index (κ2) is 5.54. The highest BCUT2D eigenvalue weighted by Crippen LogP contribution is 2.42. The number of hydrogen-bond donors (Lipinski definition) is 1. The van der Waals surface area contributed by atoms with E-state index in [1.165, 1.54) is 0 Å². The smallest absolute Gasteiger partial charge is 0.230 e. The minimum absolute atomic E-state index is 0.302. The normalized spacial score (nSPS) is 10.8. The van der Waals surface area contributed by atoms with Crippen molar-refractivity contribution in [3.05, 3.63) is 39.7 Å². The Kier molecular flexibility index (Phi) is 3.73. The molecule has 0 spiro atoms. The standard InChI is InChI=1S/C15H13BrN2O2S/c1-8-3-4-9(7-11(8)19-2)12-13(18-20-15(12)17)14-10(16)5-6-21-14/h3-7H,17H2,1-2H3. The Labute approximate surface area is 134 Å². The lowest BCUT2D eigenvalue weighted by atomic mass is 10.0. The fourth-order valence-corrected chi connectivity index (χ4v) is 3.72. The third-order valence-electron chi connectivity index (χ3n) is 3.25. The molecule has 2 N–H and O–H groups in total. The molecule has 2 heterocycles. The van der Waals surface area contributed by atoms with Crippen molar-refractivity contribution < 1.29 is 9.26 Å². The van der Waals surface area contributed by atoms with Crippen LogP contribution in [0.4, 0.5) is 5.88 Å². The SMILES string of the molecule is COc1cc(-c2c(-c3sccc3Br)noc2N)ccc1C. The van der Waals surface area contributed by atoms with E-state index in [2.05, 4.69) is 21.1 Å². The first-order chi connectivity index (χ1) is 10.1. The predicted octanol–water partition coefficient (Wildman–Crippen LogP) is 4.73. The van der Waals surface area contributed by atoms with Gasteiger partial charge in [-0.05, 0) is 51.5 Å². The maximum Gasteiger partial charge on any atom is 0.230 e. The van der Waals surface area contributed by atoms with Gasteiger partial charge in [-0.3, -0.25) is 0 Å². The third-order valence-corrected chi connectivity index (χ3v) is 5.09. The monoisotopic (exact) mass is 364 g/mol. The summed E-state index contributed by atoms with van der Waals surface area (Å²) >= 11 is 5.10. The van der Waals surface area contributed by atoms with Crippen LogP contribution in [0, 0.1) is 6.92 Å². The van der Waals surface area contributed by atoms with E-state index in [1.807, 2.05) is 36.6 Å². The lowest BCUT2D eigenvalue weighted by molar-refractivity contribution is 0.412. The Morgan fingerprint density at radius 2 is 2.14 bits per heavy atom. The van der Waals surface area contributed by atoms with Crippen LogP contribution in [0.2, 0.25) is 0 Å². The van der Waals surface area contributed by atoms with Gasteiger partial charge in [-0.25, -0.2) is 0 Å². The van der Waals surface area contributed by atoms with Crippen molar-refractivity contribution in [1.29, 1.82) is 0 Å². The fourth-order valence-electron chi connectivity index (χ4n) is 2.17. The number of nitrogens with two attached hydrogens (primary N) is 1. The number of methoxy groups -OCH3 is 1. The molecule has 3 aromatic rings. The lowest BCUT2D eigenvalue weighted by Crippen LogP contribution is -1.91. The summed E-state index contributed by atoms with van der Waals surface area (Å²) in [5, 5.41) is 6.10. The molecular weight excluding hydrogens is 352 g/mol. The van der Waals surface area contributed by atoms with Crippen molar-refractivity contribution in [1.82, 2.24) is 5.16 Å². The maximum absolute atomic E-state index is 5.98. The van der Waals surface area contributed by atoms with Gasteiger partial charge >= 0.3 is 0 Å². The lowest BCUT2D eigenvalue weighted by Gasteiger charge is -2.08. The molecule has 1 aromatic carbocycles. The van der Waals surface area contributed by atoms with Gasteiger partial charge in [0, 0.05) is 4.47 Å². The molecule has 6 heteroatoms. The van der Waals surface area contributed by atoms with Crippen LogP contribution in [-0.4, -0.2) is 12.3 Å². The van der Waals surface area contributed by atoms with Crippen LogP contribution in [0.1, 0.15) is 5.56 Å². The Morgan fingerprint density at radius 1 is 1.33 bits per heavy atom. The van der Waals surface area contributed by atoms with Gasteiger partial charge < -0.3 is 15.0 Å². The van der Waals surface area contributed by atoms with E-state index in [9.17, 15) is 0 Å². The van der Waals surface area contributed by atoms with Gasteiger partial charge in [0.2, 0.25) is 5.88 Å². The molecule has 0 amide bonds. The van der Waals surface area contributed by atoms with Gasteiger partial charge in [-0.2, -0.15) is 0 Å². The second-order valence-electron chi connectivity index (χ2n) is 4.55. The molecule has 2 aromatic heterocycles. The van der Waals surface area contributed by atoms with Crippen molar-refractivity contribution in [3.63, 3.8) is 0 Å². The van der Waals surface area contributed by atoms with Crippen LogP contribution in [0.15, 0.2) is 38.6 Å². The van der Waals surface area contributed by atoms with E-state index in [0.717, 1.165) is 37.5 Å². The number of ether oxygens (including phenoxy) is 1. The quantitative estimate of drug-likeness (QED) is 0.729. The number of hydrogen-bond acceptors (Lipinski definition) is 5. The van der Waals surface area contributed by atoms with E-state index in [4.69, 9.17) is 15.0 Å². The van der Waals surface area contributed by atoms with Crippen LogP contribution >= 0.6 is 27.3 Å². The zero-order valence-corrected chi connectivity index (χ0v) is 13.9. The van der Waals surface area contributed by atoms with Crippen molar-refractivity contribution in [2.75, 3.05) is 12.8 Å². The Morgan fingerprint density at radius 3 is 2.81 bits per heavy atom. The molecule has 0 aliphatic heterocycles. The highest BCUT2D eigenvalue weighted by molar-refractivity contribution is 9.10. The van der Waals surface area contributed by atoms with Crippen LogP contribution in [0.5, 0.6) is 5.75 Å². The fraction of sp³-hybridized carbons (Fsp3) is 0.133. The number of aromatic nitrogens is 1. The molecule has 0 radical (unpaired) electrons. The molecule has 0 aliphatic rings. The summed E-state index contributed by atoms with van der Waals surface area (Å²) in [6.07, 6.45) is 0. The topological polar surface area (TPSA) is 61.3 Å². The molecule has 0 atom stereocenters. The molecule has 0 fully saturated rings. The number of thiophene rings is 1.